The van der Waals surface area contributed by atoms with Crippen LogP contribution in [0.2, 0.25) is 0 Å². The number of hydrogen-bond acceptors (Lipinski definition) is 1. The average Bonchev–Trinajstić information content (AvgIpc) is 3.64. The summed E-state index contributed by atoms with van der Waals surface area (Å²) in [6.07, 6.45) is 0. The summed E-state index contributed by atoms with van der Waals surface area (Å²) in [7, 11) is 0. The third kappa shape index (κ3) is 4.22. The molecule has 11 rings (SSSR count). The van der Waals surface area contributed by atoms with Crippen LogP contribution in [0.4, 0.5) is 0 Å². The van der Waals surface area contributed by atoms with Crippen LogP contribution in [-0.4, -0.2) is 0 Å². The minimum atomic E-state index is -0.441. The Labute approximate surface area is 305 Å². The highest BCUT2D eigenvalue weighted by atomic mass is 16.3. The first kappa shape index (κ1) is 21.4. The summed E-state index contributed by atoms with van der Waals surface area (Å²) in [5.41, 5.74) is 4.79. The minimum absolute atomic E-state index is 0.163. The fraction of sp³-hybridized carbons (Fsp3) is 0. The molecule has 1 aromatic heterocycles. The highest BCUT2D eigenvalue weighted by Gasteiger charge is 2.20. The highest BCUT2D eigenvalue weighted by Crippen LogP contribution is 2.47. The number of benzene rings is 10. The zero-order valence-corrected chi connectivity index (χ0v) is 27.1. The molecule has 10 aromatic carbocycles. The Morgan fingerprint density at radius 2 is 0.922 bits per heavy atom. The lowest BCUT2D eigenvalue weighted by Gasteiger charge is -2.18. The number of hydrogen-bond donors (Lipinski definition) is 0. The lowest BCUT2D eigenvalue weighted by molar-refractivity contribution is 0.669. The normalized spacial score (nSPS) is 14.1. The molecule has 0 bridgehead atoms. The minimum Gasteiger partial charge on any atom is -0.456 e. The summed E-state index contributed by atoms with van der Waals surface area (Å²) < 4.78 is 80.0. The van der Waals surface area contributed by atoms with Gasteiger partial charge in [-0.15, -0.1) is 0 Å². The van der Waals surface area contributed by atoms with Crippen LogP contribution in [0.15, 0.2) is 186 Å². The molecule has 0 radical (unpaired) electrons. The highest BCUT2D eigenvalue weighted by molar-refractivity contribution is 6.26. The SMILES string of the molecule is [2H]c1c([2H])c([2H])c2c(-c3cccc4oc5cc6ccccc6cc5c34)c3c([2H])c([2H])c([2H])c([2H])c3c(-c3ccc(-c4cc5ccccc5c5ccccc45)cc3)c2c1[2H]. The van der Waals surface area contributed by atoms with E-state index in [-0.39, 0.29) is 45.7 Å². The van der Waals surface area contributed by atoms with E-state index < -0.39 is 24.2 Å². The Morgan fingerprint density at radius 3 is 1.63 bits per heavy atom. The molecule has 1 nitrogen and oxygen atoms in total. The van der Waals surface area contributed by atoms with Crippen molar-refractivity contribution < 1.29 is 15.4 Å². The molecule has 0 aliphatic carbocycles. The number of furan rings is 1. The first-order valence-corrected chi connectivity index (χ1v) is 16.9. The Bertz CT molecular complexity index is 3560. The summed E-state index contributed by atoms with van der Waals surface area (Å²) in [6.45, 7) is 0. The third-order valence-electron chi connectivity index (χ3n) is 10.3. The molecule has 0 saturated carbocycles. The van der Waals surface area contributed by atoms with Crippen molar-refractivity contribution in [3.8, 4) is 33.4 Å². The van der Waals surface area contributed by atoms with Crippen molar-refractivity contribution >= 4 is 75.8 Å². The van der Waals surface area contributed by atoms with Crippen LogP contribution in [0.5, 0.6) is 0 Å². The molecule has 0 spiro atoms. The van der Waals surface area contributed by atoms with E-state index in [0.717, 1.165) is 48.8 Å². The molecule has 0 aliphatic heterocycles. The van der Waals surface area contributed by atoms with Crippen molar-refractivity contribution in [1.82, 2.24) is 0 Å². The second-order valence-electron chi connectivity index (χ2n) is 13.0. The molecule has 51 heavy (non-hydrogen) atoms. The maximum atomic E-state index is 9.50. The average molecular weight is 655 g/mol. The maximum absolute atomic E-state index is 9.50. The van der Waals surface area contributed by atoms with E-state index in [1.54, 1.807) is 6.07 Å². The van der Waals surface area contributed by atoms with Crippen molar-refractivity contribution in [2.45, 2.75) is 0 Å². The number of fused-ring (bicyclic) bond motifs is 9. The monoisotopic (exact) mass is 654 g/mol. The predicted molar refractivity (Wildman–Crippen MR) is 218 cm³/mol. The van der Waals surface area contributed by atoms with Gasteiger partial charge in [0.05, 0.1) is 11.0 Å². The van der Waals surface area contributed by atoms with Crippen molar-refractivity contribution in [3.05, 3.63) is 182 Å². The van der Waals surface area contributed by atoms with E-state index in [1.165, 1.54) is 0 Å². The van der Waals surface area contributed by atoms with Crippen LogP contribution >= 0.6 is 0 Å². The fourth-order valence-corrected chi connectivity index (χ4v) is 8.01. The largest absolute Gasteiger partial charge is 0.456 e. The summed E-state index contributed by atoms with van der Waals surface area (Å²) in [5.74, 6) is 0. The molecule has 236 valence electrons. The quantitative estimate of drug-likeness (QED) is 0.136. The van der Waals surface area contributed by atoms with E-state index >= 15 is 0 Å². The maximum Gasteiger partial charge on any atom is 0.136 e. The van der Waals surface area contributed by atoms with Gasteiger partial charge in [0.1, 0.15) is 11.2 Å². The van der Waals surface area contributed by atoms with Gasteiger partial charge in [-0.2, -0.15) is 0 Å². The standard InChI is InChI=1S/C50H30O/c1-2-13-34-30-47-45(28-33(34)12-1)50-43(22-11-23-46(50)51-47)49-41-20-9-7-18-39(41)48(40-19-8-10-21-42(40)49)32-26-24-31(25-27-32)44-29-35-14-3-4-15-36(35)37-16-5-6-17-38(37)44/h1-30H/i7D,8D,9D,10D,18D,19D,20D,21D. The van der Waals surface area contributed by atoms with Gasteiger partial charge in [-0.3, -0.25) is 0 Å². The summed E-state index contributed by atoms with van der Waals surface area (Å²) in [6, 6.07) is 40.8. The van der Waals surface area contributed by atoms with E-state index in [9.17, 15) is 5.48 Å². The van der Waals surface area contributed by atoms with E-state index in [4.69, 9.17) is 9.90 Å². The Hall–Kier alpha value is -6.70. The van der Waals surface area contributed by atoms with Gasteiger partial charge in [-0.1, -0.05) is 158 Å². The van der Waals surface area contributed by atoms with Gasteiger partial charge < -0.3 is 4.42 Å². The van der Waals surface area contributed by atoms with E-state index in [0.29, 0.717) is 38.8 Å². The molecular weight excluding hydrogens is 617 g/mol. The first-order valence-electron chi connectivity index (χ1n) is 20.9. The molecule has 1 heteroatoms. The second-order valence-corrected chi connectivity index (χ2v) is 13.0. The van der Waals surface area contributed by atoms with Crippen LogP contribution in [0.25, 0.3) is 109 Å². The summed E-state index contributed by atoms with van der Waals surface area (Å²) >= 11 is 0. The Morgan fingerprint density at radius 1 is 0.353 bits per heavy atom. The molecule has 0 unspecified atom stereocenters. The van der Waals surface area contributed by atoms with Gasteiger partial charge in [-0.25, -0.2) is 0 Å². The molecule has 0 saturated heterocycles. The zero-order chi connectivity index (χ0) is 40.4. The van der Waals surface area contributed by atoms with Crippen molar-refractivity contribution in [2.24, 2.45) is 0 Å². The lowest BCUT2D eigenvalue weighted by atomic mass is 9.84. The molecule has 0 N–H and O–H groups in total. The zero-order valence-electron chi connectivity index (χ0n) is 35.1. The molecule has 1 heterocycles. The van der Waals surface area contributed by atoms with Crippen LogP contribution < -0.4 is 0 Å². The van der Waals surface area contributed by atoms with Crippen molar-refractivity contribution in [3.63, 3.8) is 0 Å². The lowest BCUT2D eigenvalue weighted by Crippen LogP contribution is -1.91. The van der Waals surface area contributed by atoms with E-state index in [1.807, 2.05) is 97.1 Å². The van der Waals surface area contributed by atoms with Gasteiger partial charge in [0.25, 0.3) is 0 Å². The molecule has 0 aliphatic rings. The Kier molecular flexibility index (Phi) is 4.57. The molecule has 11 aromatic rings. The summed E-state index contributed by atoms with van der Waals surface area (Å²) in [4.78, 5) is 0. The smallest absolute Gasteiger partial charge is 0.136 e. The second kappa shape index (κ2) is 10.9. The molecule has 0 atom stereocenters. The van der Waals surface area contributed by atoms with Crippen LogP contribution in [0, 0.1) is 0 Å². The molecular formula is C50H30O. The van der Waals surface area contributed by atoms with Gasteiger partial charge in [-0.05, 0) is 112 Å². The van der Waals surface area contributed by atoms with E-state index in [2.05, 4.69) is 30.3 Å². The van der Waals surface area contributed by atoms with Crippen molar-refractivity contribution in [2.75, 3.05) is 0 Å². The van der Waals surface area contributed by atoms with Gasteiger partial charge in [0.2, 0.25) is 0 Å². The summed E-state index contributed by atoms with van der Waals surface area (Å²) in [5, 5.41) is 8.53. The van der Waals surface area contributed by atoms with Gasteiger partial charge in [0, 0.05) is 10.8 Å². The van der Waals surface area contributed by atoms with Crippen LogP contribution in [-0.2, 0) is 0 Å². The topological polar surface area (TPSA) is 13.1 Å². The predicted octanol–water partition coefficient (Wildman–Crippen LogP) is 14.4. The van der Waals surface area contributed by atoms with Gasteiger partial charge >= 0.3 is 0 Å². The van der Waals surface area contributed by atoms with Gasteiger partial charge in [0.15, 0.2) is 0 Å². The van der Waals surface area contributed by atoms with Crippen LogP contribution in [0.1, 0.15) is 11.0 Å². The first-order chi connectivity index (χ1) is 28.6. The van der Waals surface area contributed by atoms with Crippen LogP contribution in [0.3, 0.4) is 0 Å². The third-order valence-corrected chi connectivity index (χ3v) is 10.3. The van der Waals surface area contributed by atoms with Crippen molar-refractivity contribution in [1.29, 1.82) is 0 Å². The number of rotatable bonds is 3. The molecule has 0 amide bonds. The molecule has 0 fully saturated rings. The fourth-order valence-electron chi connectivity index (χ4n) is 8.01. The Balaban J connectivity index is 1.28.